The fourth-order valence-corrected chi connectivity index (χ4v) is 2.39. The lowest BCUT2D eigenvalue weighted by Gasteiger charge is -2.06. The van der Waals surface area contributed by atoms with E-state index in [2.05, 4.69) is 23.9 Å². The molecule has 102 valence electrons. The number of aromatic hydroxyl groups is 1. The van der Waals surface area contributed by atoms with E-state index in [0.29, 0.717) is 5.92 Å². The minimum atomic E-state index is 0.260. The van der Waals surface area contributed by atoms with Crippen molar-refractivity contribution in [3.8, 4) is 17.0 Å². The van der Waals surface area contributed by atoms with Gasteiger partial charge in [0.1, 0.15) is 5.75 Å². The zero-order chi connectivity index (χ0) is 14.3. The van der Waals surface area contributed by atoms with Crippen molar-refractivity contribution in [3.63, 3.8) is 0 Å². The predicted molar refractivity (Wildman–Crippen MR) is 79.7 cm³/mol. The molecule has 20 heavy (non-hydrogen) atoms. The molecule has 0 saturated heterocycles. The molecule has 0 amide bonds. The van der Waals surface area contributed by atoms with E-state index in [0.717, 1.165) is 27.9 Å². The molecule has 4 nitrogen and oxygen atoms in total. The quantitative estimate of drug-likeness (QED) is 0.773. The number of pyridine rings is 1. The summed E-state index contributed by atoms with van der Waals surface area (Å²) in [5, 5.41) is 14.9. The number of nitrogens with zero attached hydrogens (tertiary/aromatic N) is 3. The molecule has 3 rings (SSSR count). The van der Waals surface area contributed by atoms with Crippen LogP contribution in [0, 0.1) is 0 Å². The second-order valence-corrected chi connectivity index (χ2v) is 5.33. The number of phenols is 1. The van der Waals surface area contributed by atoms with Crippen LogP contribution in [0.3, 0.4) is 0 Å². The lowest BCUT2D eigenvalue weighted by molar-refractivity contribution is 0.476. The summed E-state index contributed by atoms with van der Waals surface area (Å²) < 4.78 is 1.83. The molecule has 0 aliphatic carbocycles. The Hall–Kier alpha value is -2.36. The number of aromatic nitrogens is 3. The summed E-state index contributed by atoms with van der Waals surface area (Å²) in [6, 6.07) is 9.17. The Morgan fingerprint density at radius 1 is 1.15 bits per heavy atom. The van der Waals surface area contributed by atoms with E-state index in [-0.39, 0.29) is 5.75 Å². The Kier molecular flexibility index (Phi) is 2.93. The minimum absolute atomic E-state index is 0.260. The fraction of sp³-hybridized carbons (Fsp3) is 0.250. The lowest BCUT2D eigenvalue weighted by atomic mass is 10.0. The summed E-state index contributed by atoms with van der Waals surface area (Å²) in [6.07, 6.45) is 2.00. The van der Waals surface area contributed by atoms with Crippen LogP contribution in [0.5, 0.6) is 5.75 Å². The maximum absolute atomic E-state index is 9.50. The maximum atomic E-state index is 9.50. The summed E-state index contributed by atoms with van der Waals surface area (Å²) in [6.45, 7) is 4.26. The van der Waals surface area contributed by atoms with Crippen LogP contribution in [0.25, 0.3) is 22.2 Å². The van der Waals surface area contributed by atoms with E-state index in [9.17, 15) is 5.11 Å². The lowest BCUT2D eigenvalue weighted by Crippen LogP contribution is -1.94. The van der Waals surface area contributed by atoms with Gasteiger partial charge in [-0.1, -0.05) is 19.9 Å². The van der Waals surface area contributed by atoms with Crippen molar-refractivity contribution in [1.29, 1.82) is 0 Å². The van der Waals surface area contributed by atoms with Crippen molar-refractivity contribution in [2.75, 3.05) is 0 Å². The molecule has 0 bridgehead atoms. The van der Waals surface area contributed by atoms with E-state index < -0.39 is 0 Å². The molecule has 4 heteroatoms. The van der Waals surface area contributed by atoms with Gasteiger partial charge in [-0.25, -0.2) is 4.98 Å². The molecule has 3 aromatic rings. The SMILES string of the molecule is CC(C)c1nn(C)cc1-c1ccc2cc(O)ccc2n1. The molecule has 0 fully saturated rings. The molecule has 2 aromatic heterocycles. The first-order chi connectivity index (χ1) is 9.54. The largest absolute Gasteiger partial charge is 0.508 e. The van der Waals surface area contributed by atoms with Gasteiger partial charge >= 0.3 is 0 Å². The van der Waals surface area contributed by atoms with E-state index in [1.54, 1.807) is 12.1 Å². The third-order valence-electron chi connectivity index (χ3n) is 3.35. The standard InChI is InChI=1S/C16H17N3O/c1-10(2)16-13(9-19(3)18-16)15-6-4-11-8-12(20)5-7-14(11)17-15/h4-10,20H,1-3H3. The van der Waals surface area contributed by atoms with Gasteiger partial charge in [0.25, 0.3) is 0 Å². The van der Waals surface area contributed by atoms with Gasteiger partial charge in [-0.2, -0.15) is 5.10 Å². The molecule has 0 spiro atoms. The third-order valence-corrected chi connectivity index (χ3v) is 3.35. The highest BCUT2D eigenvalue weighted by atomic mass is 16.3. The average molecular weight is 267 g/mol. The highest BCUT2D eigenvalue weighted by Crippen LogP contribution is 2.28. The first-order valence-electron chi connectivity index (χ1n) is 6.68. The van der Waals surface area contributed by atoms with Gasteiger partial charge in [0.05, 0.1) is 16.9 Å². The summed E-state index contributed by atoms with van der Waals surface area (Å²) in [5.74, 6) is 0.611. The average Bonchev–Trinajstić information content (AvgIpc) is 2.80. The third kappa shape index (κ3) is 2.13. The number of aryl methyl sites for hydroxylation is 1. The van der Waals surface area contributed by atoms with Crippen molar-refractivity contribution >= 4 is 10.9 Å². The Labute approximate surface area is 117 Å². The Bertz CT molecular complexity index is 774. The topological polar surface area (TPSA) is 50.9 Å². The Morgan fingerprint density at radius 3 is 2.70 bits per heavy atom. The molecular formula is C16H17N3O. The van der Waals surface area contributed by atoms with Crippen LogP contribution in [-0.2, 0) is 7.05 Å². The van der Waals surface area contributed by atoms with Gasteiger partial charge in [0.2, 0.25) is 0 Å². The molecule has 2 heterocycles. The highest BCUT2D eigenvalue weighted by Gasteiger charge is 2.14. The number of benzene rings is 1. The van der Waals surface area contributed by atoms with E-state index in [1.807, 2.05) is 36.1 Å². The van der Waals surface area contributed by atoms with Crippen LogP contribution < -0.4 is 0 Å². The van der Waals surface area contributed by atoms with E-state index >= 15 is 0 Å². The van der Waals surface area contributed by atoms with Gasteiger partial charge in [-0.3, -0.25) is 4.68 Å². The van der Waals surface area contributed by atoms with Crippen molar-refractivity contribution in [2.24, 2.45) is 7.05 Å². The maximum Gasteiger partial charge on any atom is 0.116 e. The predicted octanol–water partition coefficient (Wildman–Crippen LogP) is 3.46. The first kappa shape index (κ1) is 12.7. The number of fused-ring (bicyclic) bond motifs is 1. The van der Waals surface area contributed by atoms with E-state index in [1.165, 1.54) is 0 Å². The number of hydrogen-bond acceptors (Lipinski definition) is 3. The monoisotopic (exact) mass is 267 g/mol. The second-order valence-electron chi connectivity index (χ2n) is 5.33. The van der Waals surface area contributed by atoms with Crippen molar-refractivity contribution < 1.29 is 5.11 Å². The Balaban J connectivity index is 2.17. The van der Waals surface area contributed by atoms with Gasteiger partial charge in [-0.05, 0) is 30.2 Å². The molecule has 1 aromatic carbocycles. The molecule has 1 N–H and O–H groups in total. The molecule has 0 radical (unpaired) electrons. The fourth-order valence-electron chi connectivity index (χ4n) is 2.39. The molecule has 0 unspecified atom stereocenters. The minimum Gasteiger partial charge on any atom is -0.508 e. The smallest absolute Gasteiger partial charge is 0.116 e. The number of phenolic OH excluding ortho intramolecular Hbond substituents is 1. The van der Waals surface area contributed by atoms with Crippen LogP contribution in [0.4, 0.5) is 0 Å². The van der Waals surface area contributed by atoms with Crippen molar-refractivity contribution in [3.05, 3.63) is 42.2 Å². The first-order valence-corrected chi connectivity index (χ1v) is 6.68. The highest BCUT2D eigenvalue weighted by molar-refractivity contribution is 5.83. The summed E-state index contributed by atoms with van der Waals surface area (Å²) in [7, 11) is 1.93. The van der Waals surface area contributed by atoms with E-state index in [4.69, 9.17) is 0 Å². The van der Waals surface area contributed by atoms with Gasteiger partial charge in [0.15, 0.2) is 0 Å². The molecule has 0 aliphatic heterocycles. The van der Waals surface area contributed by atoms with Gasteiger partial charge in [0, 0.05) is 24.2 Å². The number of rotatable bonds is 2. The summed E-state index contributed by atoms with van der Waals surface area (Å²) >= 11 is 0. The molecule has 0 atom stereocenters. The number of hydrogen-bond donors (Lipinski definition) is 1. The molecular weight excluding hydrogens is 250 g/mol. The van der Waals surface area contributed by atoms with Crippen LogP contribution in [0.2, 0.25) is 0 Å². The van der Waals surface area contributed by atoms with Crippen LogP contribution >= 0.6 is 0 Å². The Morgan fingerprint density at radius 2 is 1.95 bits per heavy atom. The van der Waals surface area contributed by atoms with Crippen molar-refractivity contribution in [2.45, 2.75) is 19.8 Å². The summed E-state index contributed by atoms with van der Waals surface area (Å²) in [4.78, 5) is 4.68. The second kappa shape index (κ2) is 4.63. The van der Waals surface area contributed by atoms with Gasteiger partial charge < -0.3 is 5.11 Å². The van der Waals surface area contributed by atoms with Crippen LogP contribution in [-0.4, -0.2) is 19.9 Å². The molecule has 0 aliphatic rings. The zero-order valence-electron chi connectivity index (χ0n) is 11.8. The van der Waals surface area contributed by atoms with Crippen LogP contribution in [0.1, 0.15) is 25.5 Å². The van der Waals surface area contributed by atoms with Gasteiger partial charge in [-0.15, -0.1) is 0 Å². The molecule has 0 saturated carbocycles. The normalized spacial score (nSPS) is 11.4. The zero-order valence-corrected chi connectivity index (χ0v) is 11.8. The summed E-state index contributed by atoms with van der Waals surface area (Å²) in [5.41, 5.74) is 3.91. The van der Waals surface area contributed by atoms with Crippen LogP contribution in [0.15, 0.2) is 36.5 Å². The van der Waals surface area contributed by atoms with Crippen molar-refractivity contribution in [1.82, 2.24) is 14.8 Å².